The normalized spacial score (nSPS) is 19.6. The van der Waals surface area contributed by atoms with Crippen LogP contribution in [0.25, 0.3) is 0 Å². The third kappa shape index (κ3) is 3.79. The molecule has 1 aromatic heterocycles. The number of fused-ring (bicyclic) bond motifs is 2. The highest BCUT2D eigenvalue weighted by molar-refractivity contribution is 5.99. The predicted molar refractivity (Wildman–Crippen MR) is 114 cm³/mol. The van der Waals surface area contributed by atoms with E-state index >= 15 is 0 Å². The molecule has 32 heavy (non-hydrogen) atoms. The summed E-state index contributed by atoms with van der Waals surface area (Å²) in [6.45, 7) is 6.58. The van der Waals surface area contributed by atoms with Crippen LogP contribution in [0.2, 0.25) is 0 Å². The number of likely N-dealkylation sites (tertiary alicyclic amines) is 1. The molecule has 4 rings (SSSR count). The quantitative estimate of drug-likeness (QED) is 0.677. The summed E-state index contributed by atoms with van der Waals surface area (Å²) in [6, 6.07) is 7.57. The molecule has 1 fully saturated rings. The van der Waals surface area contributed by atoms with Gasteiger partial charge in [-0.2, -0.15) is 13.2 Å². The van der Waals surface area contributed by atoms with Crippen molar-refractivity contribution in [2.45, 2.75) is 57.4 Å². The van der Waals surface area contributed by atoms with Crippen LogP contribution in [-0.4, -0.2) is 51.1 Å². The number of alkyl halides is 3. The van der Waals surface area contributed by atoms with Crippen LogP contribution in [0.5, 0.6) is 5.75 Å². The average molecular weight is 451 g/mol. The van der Waals surface area contributed by atoms with Crippen molar-refractivity contribution in [3.05, 3.63) is 52.8 Å². The van der Waals surface area contributed by atoms with Gasteiger partial charge < -0.3 is 14.6 Å². The number of benzene rings is 1. The fraction of sp³-hybridized carbons (Fsp3) is 0.478. The summed E-state index contributed by atoms with van der Waals surface area (Å²) < 4.78 is 40.9. The van der Waals surface area contributed by atoms with Crippen molar-refractivity contribution in [1.82, 2.24) is 14.8 Å². The number of aromatic hydroxyl groups is 1. The lowest BCUT2D eigenvalue weighted by Gasteiger charge is -2.51. The zero-order valence-electron chi connectivity index (χ0n) is 18.2. The van der Waals surface area contributed by atoms with Crippen LogP contribution in [-0.2, 0) is 12.1 Å². The second-order valence-electron chi connectivity index (χ2n) is 9.40. The van der Waals surface area contributed by atoms with E-state index in [1.54, 1.807) is 30.0 Å². The molecule has 0 unspecified atom stereocenters. The molecule has 9 heteroatoms. The van der Waals surface area contributed by atoms with Gasteiger partial charge in [-0.3, -0.25) is 14.9 Å². The van der Waals surface area contributed by atoms with Gasteiger partial charge in [0.05, 0.1) is 11.2 Å². The van der Waals surface area contributed by atoms with Crippen molar-refractivity contribution in [2.75, 3.05) is 13.1 Å². The maximum atomic E-state index is 13.1. The summed E-state index contributed by atoms with van der Waals surface area (Å²) in [7, 11) is 0. The third-order valence-electron chi connectivity index (χ3n) is 6.44. The Balaban J connectivity index is 0.00000306. The average Bonchev–Trinajstić information content (AvgIpc) is 3.12. The topological polar surface area (TPSA) is 74.6 Å². The summed E-state index contributed by atoms with van der Waals surface area (Å²) in [5, 5.41) is 13.3. The Morgan fingerprint density at radius 3 is 2.38 bits per heavy atom. The van der Waals surface area contributed by atoms with Crippen LogP contribution >= 0.6 is 0 Å². The highest BCUT2D eigenvalue weighted by atomic mass is 19.4. The van der Waals surface area contributed by atoms with Crippen LogP contribution < -0.4 is 5.32 Å². The zero-order valence-corrected chi connectivity index (χ0v) is 18.2. The second kappa shape index (κ2) is 7.37. The number of phenolic OH excluding ortho intramolecular Hbond substituents is 1. The van der Waals surface area contributed by atoms with Crippen molar-refractivity contribution in [2.24, 2.45) is 0 Å². The Morgan fingerprint density at radius 1 is 1.12 bits per heavy atom. The van der Waals surface area contributed by atoms with Crippen LogP contribution in [0, 0.1) is 6.92 Å². The molecule has 0 atom stereocenters. The lowest BCUT2D eigenvalue weighted by atomic mass is 9.79. The summed E-state index contributed by atoms with van der Waals surface area (Å²) in [4.78, 5) is 26.7. The van der Waals surface area contributed by atoms with E-state index in [-0.39, 0.29) is 25.3 Å². The fourth-order valence-electron chi connectivity index (χ4n) is 4.99. The number of nitrogens with one attached hydrogen (secondary N) is 1. The van der Waals surface area contributed by atoms with Crippen molar-refractivity contribution < 1.29 is 29.3 Å². The molecule has 1 aromatic carbocycles. The molecular formula is C23H28F3N3O3. The number of Topliss-reactive ketones (excluding diaryl/α,β-unsaturated/α-hetero) is 1. The molecule has 1 saturated heterocycles. The van der Waals surface area contributed by atoms with Crippen molar-refractivity contribution in [1.29, 1.82) is 0 Å². The first kappa shape index (κ1) is 22.4. The first-order valence-electron chi connectivity index (χ1n) is 10.5. The molecule has 174 valence electrons. The molecule has 0 bridgehead atoms. The highest BCUT2D eigenvalue weighted by Crippen LogP contribution is 2.41. The van der Waals surface area contributed by atoms with Crippen LogP contribution in [0.3, 0.4) is 0 Å². The molecule has 2 aliphatic heterocycles. The van der Waals surface area contributed by atoms with Gasteiger partial charge in [-0.25, -0.2) is 0 Å². The van der Waals surface area contributed by atoms with E-state index in [4.69, 9.17) is 0 Å². The number of hydrogen-bond acceptors (Lipinski definition) is 4. The molecule has 0 aliphatic carbocycles. The molecule has 6 nitrogen and oxygen atoms in total. The Bertz CT molecular complexity index is 1090. The number of rotatable bonds is 2. The van der Waals surface area contributed by atoms with Gasteiger partial charge in [-0.1, -0.05) is 0 Å². The molecular weight excluding hydrogens is 423 g/mol. The Kier molecular flexibility index (Phi) is 5.15. The molecule has 2 N–H and O–H groups in total. The minimum atomic E-state index is -4.94. The number of aromatic nitrogens is 1. The number of halogens is 3. The van der Waals surface area contributed by atoms with Gasteiger partial charge in [0.1, 0.15) is 5.75 Å². The number of ketones is 1. The minimum absolute atomic E-state index is 0. The monoisotopic (exact) mass is 451 g/mol. The number of hydrogen-bond donors (Lipinski definition) is 2. The number of phenols is 1. The summed E-state index contributed by atoms with van der Waals surface area (Å²) in [6.07, 6.45) is -3.93. The fourth-order valence-corrected chi connectivity index (χ4v) is 4.99. The largest absolute Gasteiger partial charge is 0.508 e. The van der Waals surface area contributed by atoms with Gasteiger partial charge in [0.15, 0.2) is 0 Å². The molecule has 2 aromatic rings. The number of carbonyl (C=O) groups excluding carboxylic acids is 2. The maximum absolute atomic E-state index is 13.1. The molecule has 1 amide bonds. The maximum Gasteiger partial charge on any atom is 0.456 e. The molecule has 0 saturated carbocycles. The van der Waals surface area contributed by atoms with E-state index in [0.29, 0.717) is 42.8 Å². The number of amides is 1. The summed E-state index contributed by atoms with van der Waals surface area (Å²) >= 11 is 0. The van der Waals surface area contributed by atoms with Gasteiger partial charge in [-0.15, -0.1) is 0 Å². The SMILES string of the molecule is Cc1cc(C(=O)N2CCC3(CC2)NC(C)(C)Cn2c(C(=O)C(F)(F)F)ccc23)ccc1O.[HH]. The number of piperidine rings is 1. The smallest absolute Gasteiger partial charge is 0.456 e. The highest BCUT2D eigenvalue weighted by Gasteiger charge is 2.49. The van der Waals surface area contributed by atoms with E-state index in [9.17, 15) is 27.9 Å². The minimum Gasteiger partial charge on any atom is -0.508 e. The van der Waals surface area contributed by atoms with Gasteiger partial charge in [0.25, 0.3) is 11.7 Å². The molecule has 1 spiro atoms. The lowest BCUT2D eigenvalue weighted by molar-refractivity contribution is -0.0892. The van der Waals surface area contributed by atoms with E-state index in [1.807, 2.05) is 13.8 Å². The Hall–Kier alpha value is -2.81. The van der Waals surface area contributed by atoms with E-state index in [1.165, 1.54) is 16.7 Å². The van der Waals surface area contributed by atoms with Crippen LogP contribution in [0.1, 0.15) is 60.2 Å². The zero-order chi connectivity index (χ0) is 23.5. The van der Waals surface area contributed by atoms with Crippen molar-refractivity contribution in [3.8, 4) is 5.75 Å². The predicted octanol–water partition coefficient (Wildman–Crippen LogP) is 4.01. The first-order chi connectivity index (χ1) is 14.8. The van der Waals surface area contributed by atoms with E-state index in [0.717, 1.165) is 0 Å². The first-order valence-corrected chi connectivity index (χ1v) is 10.5. The molecule has 0 radical (unpaired) electrons. The van der Waals surface area contributed by atoms with Gasteiger partial charge >= 0.3 is 6.18 Å². The summed E-state index contributed by atoms with van der Waals surface area (Å²) in [5.41, 5.74) is 0.228. The standard InChI is InChI=1S/C23H26F3N3O3.H2/c1-14-12-15(4-6-17(14)30)20(32)28-10-8-22(9-11-28)18-7-5-16(19(31)23(24,25)26)29(18)13-21(2,3)27-22;/h4-7,12,27,30H,8-11,13H2,1-3H3;1H. The molecule has 3 heterocycles. The summed E-state index contributed by atoms with van der Waals surface area (Å²) in [5.74, 6) is -1.87. The molecule has 2 aliphatic rings. The number of nitrogens with zero attached hydrogens (tertiary/aromatic N) is 2. The third-order valence-corrected chi connectivity index (χ3v) is 6.44. The Morgan fingerprint density at radius 2 is 1.78 bits per heavy atom. The van der Waals surface area contributed by atoms with Crippen molar-refractivity contribution >= 4 is 11.7 Å². The Labute approximate surface area is 185 Å². The number of carbonyl (C=O) groups is 2. The van der Waals surface area contributed by atoms with Crippen LogP contribution in [0.15, 0.2) is 30.3 Å². The van der Waals surface area contributed by atoms with Crippen molar-refractivity contribution in [3.63, 3.8) is 0 Å². The van der Waals surface area contributed by atoms with Gasteiger partial charge in [0, 0.05) is 37.9 Å². The number of aryl methyl sites for hydroxylation is 1. The van der Waals surface area contributed by atoms with E-state index in [2.05, 4.69) is 5.32 Å². The van der Waals surface area contributed by atoms with Crippen LogP contribution in [0.4, 0.5) is 13.2 Å². The lowest BCUT2D eigenvalue weighted by Crippen LogP contribution is -2.63. The van der Waals surface area contributed by atoms with Gasteiger partial charge in [0.2, 0.25) is 0 Å². The van der Waals surface area contributed by atoms with E-state index < -0.39 is 23.0 Å². The van der Waals surface area contributed by atoms with Gasteiger partial charge in [-0.05, 0) is 69.5 Å². The second-order valence-corrected chi connectivity index (χ2v) is 9.40.